The first-order valence-electron chi connectivity index (χ1n) is 5.82. The molecular weight excluding hydrogens is 222 g/mol. The average molecular weight is 235 g/mol. The van der Waals surface area contributed by atoms with Gasteiger partial charge in [-0.3, -0.25) is 0 Å². The van der Waals surface area contributed by atoms with Gasteiger partial charge >= 0.3 is 0 Å². The first-order valence-corrected chi connectivity index (χ1v) is 5.82. The second kappa shape index (κ2) is 4.08. The molecule has 0 spiro atoms. The van der Waals surface area contributed by atoms with Gasteiger partial charge in [-0.2, -0.15) is 0 Å². The van der Waals surface area contributed by atoms with Crippen molar-refractivity contribution in [2.24, 2.45) is 0 Å². The molecule has 0 atom stereocenters. The van der Waals surface area contributed by atoms with E-state index in [0.717, 1.165) is 27.6 Å². The Morgan fingerprint density at radius 2 is 1.56 bits per heavy atom. The van der Waals surface area contributed by atoms with Crippen molar-refractivity contribution in [2.45, 2.75) is 0 Å². The summed E-state index contributed by atoms with van der Waals surface area (Å²) in [7, 11) is 0. The van der Waals surface area contributed by atoms with Gasteiger partial charge < -0.3 is 10.8 Å². The number of nitrogens with two attached hydrogens (primary N) is 1. The Labute approximate surface area is 105 Å². The summed E-state index contributed by atoms with van der Waals surface area (Å²) < 4.78 is 0. The van der Waals surface area contributed by atoms with Crippen LogP contribution in [-0.2, 0) is 0 Å². The van der Waals surface area contributed by atoms with Crippen molar-refractivity contribution in [3.63, 3.8) is 0 Å². The monoisotopic (exact) mass is 235 g/mol. The zero-order valence-electron chi connectivity index (χ0n) is 9.80. The molecule has 0 aliphatic carbocycles. The third-order valence-corrected chi connectivity index (χ3v) is 3.10. The molecule has 0 saturated heterocycles. The molecule has 0 aliphatic rings. The molecule has 0 unspecified atom stereocenters. The van der Waals surface area contributed by atoms with Crippen LogP contribution in [0.5, 0.6) is 5.75 Å². The van der Waals surface area contributed by atoms with Gasteiger partial charge in [0.2, 0.25) is 0 Å². The summed E-state index contributed by atoms with van der Waals surface area (Å²) in [5.74, 6) is 0.255. The maximum atomic E-state index is 9.65. The van der Waals surface area contributed by atoms with Crippen LogP contribution in [0.4, 0.5) is 5.69 Å². The molecule has 2 heteroatoms. The third-order valence-electron chi connectivity index (χ3n) is 3.10. The fourth-order valence-electron chi connectivity index (χ4n) is 2.25. The Morgan fingerprint density at radius 3 is 2.33 bits per heavy atom. The summed E-state index contributed by atoms with van der Waals surface area (Å²) in [4.78, 5) is 0. The number of phenols is 1. The molecule has 0 amide bonds. The predicted octanol–water partition coefficient (Wildman–Crippen LogP) is 3.79. The molecular formula is C16H13NO. The topological polar surface area (TPSA) is 46.2 Å². The molecule has 0 aromatic heterocycles. The first kappa shape index (κ1) is 10.7. The number of nitrogen functional groups attached to an aromatic ring is 1. The minimum atomic E-state index is 0.255. The zero-order valence-corrected chi connectivity index (χ0v) is 9.80. The highest BCUT2D eigenvalue weighted by Crippen LogP contribution is 2.35. The van der Waals surface area contributed by atoms with Gasteiger partial charge in [-0.25, -0.2) is 0 Å². The van der Waals surface area contributed by atoms with E-state index in [-0.39, 0.29) is 5.75 Å². The number of phenolic OH excluding ortho intramolecular Hbond substituents is 1. The Kier molecular flexibility index (Phi) is 2.41. The summed E-state index contributed by atoms with van der Waals surface area (Å²) in [6.07, 6.45) is 0. The summed E-state index contributed by atoms with van der Waals surface area (Å²) in [5, 5.41) is 11.7. The van der Waals surface area contributed by atoms with Crippen LogP contribution in [0.1, 0.15) is 0 Å². The fraction of sp³-hybridized carbons (Fsp3) is 0. The van der Waals surface area contributed by atoms with E-state index < -0.39 is 0 Å². The molecule has 0 saturated carbocycles. The normalized spacial score (nSPS) is 10.7. The Morgan fingerprint density at radius 1 is 0.833 bits per heavy atom. The molecule has 18 heavy (non-hydrogen) atoms. The summed E-state index contributed by atoms with van der Waals surface area (Å²) in [5.41, 5.74) is 8.85. The van der Waals surface area contributed by atoms with Crippen LogP contribution in [0.2, 0.25) is 0 Å². The van der Waals surface area contributed by atoms with Crippen LogP contribution >= 0.6 is 0 Å². The lowest BCUT2D eigenvalue weighted by Crippen LogP contribution is -1.91. The van der Waals surface area contributed by atoms with Gasteiger partial charge in [0.1, 0.15) is 5.75 Å². The average Bonchev–Trinajstić information content (AvgIpc) is 2.39. The van der Waals surface area contributed by atoms with Crippen molar-refractivity contribution < 1.29 is 5.11 Å². The van der Waals surface area contributed by atoms with Crippen LogP contribution < -0.4 is 5.73 Å². The Hall–Kier alpha value is -2.48. The SMILES string of the molecule is Nc1ccc2ccc(O)cc2c1-c1ccccc1. The van der Waals surface area contributed by atoms with E-state index >= 15 is 0 Å². The van der Waals surface area contributed by atoms with Crippen LogP contribution in [0.15, 0.2) is 60.7 Å². The number of anilines is 1. The number of fused-ring (bicyclic) bond motifs is 1. The largest absolute Gasteiger partial charge is 0.508 e. The number of rotatable bonds is 1. The molecule has 3 N–H and O–H groups in total. The van der Waals surface area contributed by atoms with Crippen molar-refractivity contribution in [3.05, 3.63) is 60.7 Å². The lowest BCUT2D eigenvalue weighted by Gasteiger charge is -2.10. The van der Waals surface area contributed by atoms with Crippen LogP contribution in [0.3, 0.4) is 0 Å². The highest BCUT2D eigenvalue weighted by Gasteiger charge is 2.08. The number of hydrogen-bond acceptors (Lipinski definition) is 2. The maximum absolute atomic E-state index is 9.65. The van der Waals surface area contributed by atoms with E-state index in [1.54, 1.807) is 12.1 Å². The second-order valence-corrected chi connectivity index (χ2v) is 4.30. The molecule has 3 aromatic rings. The molecule has 3 rings (SSSR count). The Balaban J connectivity index is 2.40. The number of benzene rings is 3. The van der Waals surface area contributed by atoms with E-state index in [4.69, 9.17) is 5.73 Å². The van der Waals surface area contributed by atoms with E-state index in [9.17, 15) is 5.11 Å². The molecule has 0 aliphatic heterocycles. The molecule has 3 aromatic carbocycles. The fourth-order valence-corrected chi connectivity index (χ4v) is 2.25. The summed E-state index contributed by atoms with van der Waals surface area (Å²) in [6, 6.07) is 19.2. The summed E-state index contributed by atoms with van der Waals surface area (Å²) >= 11 is 0. The second-order valence-electron chi connectivity index (χ2n) is 4.30. The van der Waals surface area contributed by atoms with Crippen molar-refractivity contribution in [1.29, 1.82) is 0 Å². The lowest BCUT2D eigenvalue weighted by atomic mass is 9.96. The lowest BCUT2D eigenvalue weighted by molar-refractivity contribution is 0.476. The third kappa shape index (κ3) is 1.68. The molecule has 0 bridgehead atoms. The standard InChI is InChI=1S/C16H13NO/c17-15-9-7-11-6-8-13(18)10-14(11)16(15)12-4-2-1-3-5-12/h1-10,18H,17H2. The van der Waals surface area contributed by atoms with Gasteiger partial charge in [0, 0.05) is 11.3 Å². The smallest absolute Gasteiger partial charge is 0.116 e. The quantitative estimate of drug-likeness (QED) is 0.630. The predicted molar refractivity (Wildman–Crippen MR) is 75.5 cm³/mol. The van der Waals surface area contributed by atoms with Gasteiger partial charge in [0.05, 0.1) is 0 Å². The van der Waals surface area contributed by atoms with Gasteiger partial charge in [0.25, 0.3) is 0 Å². The zero-order chi connectivity index (χ0) is 12.5. The molecule has 0 heterocycles. The van der Waals surface area contributed by atoms with Gasteiger partial charge in [0.15, 0.2) is 0 Å². The minimum absolute atomic E-state index is 0.255. The Bertz CT molecular complexity index is 700. The molecule has 2 nitrogen and oxygen atoms in total. The van der Waals surface area contributed by atoms with Crippen molar-refractivity contribution >= 4 is 16.5 Å². The van der Waals surface area contributed by atoms with Gasteiger partial charge in [-0.15, -0.1) is 0 Å². The first-order chi connectivity index (χ1) is 8.75. The molecule has 0 radical (unpaired) electrons. The van der Waals surface area contributed by atoms with Gasteiger partial charge in [-0.05, 0) is 34.5 Å². The van der Waals surface area contributed by atoms with E-state index in [1.807, 2.05) is 48.5 Å². The number of hydrogen-bond donors (Lipinski definition) is 2. The van der Waals surface area contributed by atoms with E-state index in [1.165, 1.54) is 0 Å². The number of aromatic hydroxyl groups is 1. The van der Waals surface area contributed by atoms with Gasteiger partial charge in [-0.1, -0.05) is 42.5 Å². The van der Waals surface area contributed by atoms with E-state index in [2.05, 4.69) is 0 Å². The van der Waals surface area contributed by atoms with Crippen LogP contribution in [-0.4, -0.2) is 5.11 Å². The van der Waals surface area contributed by atoms with Crippen LogP contribution in [0.25, 0.3) is 21.9 Å². The maximum Gasteiger partial charge on any atom is 0.116 e. The van der Waals surface area contributed by atoms with Crippen molar-refractivity contribution in [3.8, 4) is 16.9 Å². The van der Waals surface area contributed by atoms with E-state index in [0.29, 0.717) is 0 Å². The highest BCUT2D eigenvalue weighted by atomic mass is 16.3. The highest BCUT2D eigenvalue weighted by molar-refractivity contribution is 6.02. The molecule has 0 fully saturated rings. The molecule has 88 valence electrons. The van der Waals surface area contributed by atoms with Crippen LogP contribution in [0, 0.1) is 0 Å². The van der Waals surface area contributed by atoms with Crippen molar-refractivity contribution in [1.82, 2.24) is 0 Å². The van der Waals surface area contributed by atoms with Crippen molar-refractivity contribution in [2.75, 3.05) is 5.73 Å². The summed E-state index contributed by atoms with van der Waals surface area (Å²) in [6.45, 7) is 0. The minimum Gasteiger partial charge on any atom is -0.508 e.